The van der Waals surface area contributed by atoms with Crippen LogP contribution >= 0.6 is 0 Å². The van der Waals surface area contributed by atoms with E-state index in [4.69, 9.17) is 0 Å². The van der Waals surface area contributed by atoms with Crippen molar-refractivity contribution in [3.8, 4) is 0 Å². The van der Waals surface area contributed by atoms with Crippen LogP contribution in [0.3, 0.4) is 0 Å². The maximum atomic E-state index is 3.61. The molecule has 0 aromatic heterocycles. The van der Waals surface area contributed by atoms with Crippen LogP contribution in [0.25, 0.3) is 0 Å². The molecule has 0 aliphatic carbocycles. The third-order valence-electron chi connectivity index (χ3n) is 3.79. The summed E-state index contributed by atoms with van der Waals surface area (Å²) in [6, 6.07) is 0. The smallest absolute Gasteiger partial charge is 0.0165 e. The second-order valence-corrected chi connectivity index (χ2v) is 6.35. The van der Waals surface area contributed by atoms with Crippen molar-refractivity contribution in [3.05, 3.63) is 0 Å². The molecule has 1 aliphatic rings. The molecule has 1 saturated heterocycles. The van der Waals surface area contributed by atoms with Gasteiger partial charge in [-0.2, -0.15) is 0 Å². The Morgan fingerprint density at radius 1 is 1.20 bits per heavy atom. The van der Waals surface area contributed by atoms with E-state index in [-0.39, 0.29) is 5.54 Å². The summed E-state index contributed by atoms with van der Waals surface area (Å²) >= 11 is 0. The van der Waals surface area contributed by atoms with Gasteiger partial charge in [-0.05, 0) is 60.0 Å². The normalized spacial score (nSPS) is 24.8. The van der Waals surface area contributed by atoms with E-state index in [0.717, 1.165) is 12.5 Å². The molecule has 1 heterocycles. The highest BCUT2D eigenvalue weighted by atomic mass is 15.2. The monoisotopic (exact) mass is 212 g/mol. The second kappa shape index (κ2) is 4.42. The maximum absolute atomic E-state index is 3.61. The summed E-state index contributed by atoms with van der Waals surface area (Å²) in [7, 11) is 0. The van der Waals surface area contributed by atoms with Crippen LogP contribution in [0.1, 0.15) is 48.0 Å². The Labute approximate surface area is 95.4 Å². The molecule has 0 amide bonds. The Hall–Kier alpha value is -0.0800. The second-order valence-electron chi connectivity index (χ2n) is 6.35. The molecule has 0 aromatic carbocycles. The standard InChI is InChI=1S/C13H28N2/c1-7-14-13(5,6)11-8-9-15(10-11)12(2,3)4/h11,14H,7-10H2,1-6H3. The summed E-state index contributed by atoms with van der Waals surface area (Å²) < 4.78 is 0. The first kappa shape index (κ1) is 13.0. The fourth-order valence-corrected chi connectivity index (χ4v) is 2.56. The van der Waals surface area contributed by atoms with Crippen molar-refractivity contribution < 1.29 is 0 Å². The van der Waals surface area contributed by atoms with Crippen LogP contribution in [0.5, 0.6) is 0 Å². The van der Waals surface area contributed by atoms with Gasteiger partial charge < -0.3 is 5.32 Å². The predicted molar refractivity (Wildman–Crippen MR) is 67.2 cm³/mol. The molecule has 90 valence electrons. The molecule has 15 heavy (non-hydrogen) atoms. The number of likely N-dealkylation sites (tertiary alicyclic amines) is 1. The molecule has 1 rings (SSSR count). The van der Waals surface area contributed by atoms with E-state index < -0.39 is 0 Å². The minimum atomic E-state index is 0.286. The molecular weight excluding hydrogens is 184 g/mol. The number of rotatable bonds is 3. The summed E-state index contributed by atoms with van der Waals surface area (Å²) in [6.07, 6.45) is 1.33. The zero-order valence-corrected chi connectivity index (χ0v) is 11.4. The molecule has 1 fully saturated rings. The summed E-state index contributed by atoms with van der Waals surface area (Å²) in [5.41, 5.74) is 0.617. The first-order chi connectivity index (χ1) is 6.77. The lowest BCUT2D eigenvalue weighted by Gasteiger charge is -2.36. The van der Waals surface area contributed by atoms with Crippen LogP contribution in [0, 0.1) is 5.92 Å². The highest BCUT2D eigenvalue weighted by Crippen LogP contribution is 2.31. The minimum absolute atomic E-state index is 0.286. The van der Waals surface area contributed by atoms with Crippen LogP contribution in [0.15, 0.2) is 0 Å². The Morgan fingerprint density at radius 2 is 1.80 bits per heavy atom. The van der Waals surface area contributed by atoms with E-state index in [1.54, 1.807) is 0 Å². The topological polar surface area (TPSA) is 15.3 Å². The van der Waals surface area contributed by atoms with Gasteiger partial charge in [0.05, 0.1) is 0 Å². The first-order valence-corrected chi connectivity index (χ1v) is 6.27. The lowest BCUT2D eigenvalue weighted by Crippen LogP contribution is -2.48. The minimum Gasteiger partial charge on any atom is -0.312 e. The van der Waals surface area contributed by atoms with E-state index in [0.29, 0.717) is 5.54 Å². The highest BCUT2D eigenvalue weighted by molar-refractivity contribution is 4.94. The Bertz CT molecular complexity index is 203. The van der Waals surface area contributed by atoms with Crippen molar-refractivity contribution in [1.29, 1.82) is 0 Å². The Balaban J connectivity index is 2.56. The SMILES string of the molecule is CCNC(C)(C)C1CCN(C(C)(C)C)C1. The van der Waals surface area contributed by atoms with Gasteiger partial charge in [-0.25, -0.2) is 0 Å². The van der Waals surface area contributed by atoms with Gasteiger partial charge in [0.25, 0.3) is 0 Å². The largest absolute Gasteiger partial charge is 0.312 e. The predicted octanol–water partition coefficient (Wildman–Crippen LogP) is 2.49. The third kappa shape index (κ3) is 3.18. The van der Waals surface area contributed by atoms with E-state index >= 15 is 0 Å². The van der Waals surface area contributed by atoms with Crippen molar-refractivity contribution in [2.75, 3.05) is 19.6 Å². The van der Waals surface area contributed by atoms with Gasteiger partial charge in [0.1, 0.15) is 0 Å². The average molecular weight is 212 g/mol. The molecule has 0 radical (unpaired) electrons. The molecule has 0 bridgehead atoms. The average Bonchev–Trinajstić information content (AvgIpc) is 2.50. The van der Waals surface area contributed by atoms with E-state index in [9.17, 15) is 0 Å². The third-order valence-corrected chi connectivity index (χ3v) is 3.79. The lowest BCUT2D eigenvalue weighted by atomic mass is 9.86. The zero-order chi connectivity index (χ0) is 11.7. The molecule has 0 saturated carbocycles. The fourth-order valence-electron chi connectivity index (χ4n) is 2.56. The van der Waals surface area contributed by atoms with Crippen molar-refractivity contribution in [1.82, 2.24) is 10.2 Å². The number of nitrogens with zero attached hydrogens (tertiary/aromatic N) is 1. The lowest BCUT2D eigenvalue weighted by molar-refractivity contribution is 0.153. The van der Waals surface area contributed by atoms with Gasteiger partial charge >= 0.3 is 0 Å². The van der Waals surface area contributed by atoms with Gasteiger partial charge in [0, 0.05) is 17.6 Å². The highest BCUT2D eigenvalue weighted by Gasteiger charge is 2.37. The first-order valence-electron chi connectivity index (χ1n) is 6.27. The van der Waals surface area contributed by atoms with Crippen molar-refractivity contribution in [2.24, 2.45) is 5.92 Å². The van der Waals surface area contributed by atoms with Gasteiger partial charge in [0.15, 0.2) is 0 Å². The summed E-state index contributed by atoms with van der Waals surface area (Å²) in [5.74, 6) is 0.789. The van der Waals surface area contributed by atoms with Crippen molar-refractivity contribution in [2.45, 2.75) is 59.0 Å². The molecule has 2 nitrogen and oxygen atoms in total. The Kier molecular flexibility index (Phi) is 3.83. The molecule has 2 heteroatoms. The van der Waals surface area contributed by atoms with Crippen LogP contribution in [-0.2, 0) is 0 Å². The molecule has 1 unspecified atom stereocenters. The maximum Gasteiger partial charge on any atom is 0.0165 e. The van der Waals surface area contributed by atoms with Crippen LogP contribution in [0.2, 0.25) is 0 Å². The van der Waals surface area contributed by atoms with Gasteiger partial charge in [-0.1, -0.05) is 6.92 Å². The molecule has 0 spiro atoms. The zero-order valence-electron chi connectivity index (χ0n) is 11.4. The van der Waals surface area contributed by atoms with E-state index in [1.165, 1.54) is 19.5 Å². The van der Waals surface area contributed by atoms with E-state index in [2.05, 4.69) is 51.8 Å². The number of hydrogen-bond acceptors (Lipinski definition) is 2. The summed E-state index contributed by atoms with van der Waals surface area (Å²) in [4.78, 5) is 2.61. The van der Waals surface area contributed by atoms with Gasteiger partial charge in [-0.3, -0.25) is 4.90 Å². The van der Waals surface area contributed by atoms with Gasteiger partial charge in [-0.15, -0.1) is 0 Å². The molecular formula is C13H28N2. The fraction of sp³-hybridized carbons (Fsp3) is 1.00. The molecule has 1 atom stereocenters. The van der Waals surface area contributed by atoms with Crippen molar-refractivity contribution >= 4 is 0 Å². The summed E-state index contributed by atoms with van der Waals surface area (Å²) in [5, 5.41) is 3.61. The molecule has 1 aliphatic heterocycles. The number of hydrogen-bond donors (Lipinski definition) is 1. The Morgan fingerprint density at radius 3 is 2.20 bits per heavy atom. The van der Waals surface area contributed by atoms with E-state index in [1.807, 2.05) is 0 Å². The molecule has 0 aromatic rings. The summed E-state index contributed by atoms with van der Waals surface area (Å²) in [6.45, 7) is 17.4. The van der Waals surface area contributed by atoms with Crippen LogP contribution < -0.4 is 5.32 Å². The van der Waals surface area contributed by atoms with Gasteiger partial charge in [0.2, 0.25) is 0 Å². The van der Waals surface area contributed by atoms with Crippen LogP contribution in [-0.4, -0.2) is 35.6 Å². The quantitative estimate of drug-likeness (QED) is 0.773. The van der Waals surface area contributed by atoms with Crippen LogP contribution in [0.4, 0.5) is 0 Å². The number of nitrogens with one attached hydrogen (secondary N) is 1. The van der Waals surface area contributed by atoms with Crippen molar-refractivity contribution in [3.63, 3.8) is 0 Å². The molecule has 1 N–H and O–H groups in total.